The normalized spacial score (nSPS) is 20.1. The van der Waals surface area contributed by atoms with Crippen molar-refractivity contribution in [2.75, 3.05) is 30.5 Å². The fourth-order valence-corrected chi connectivity index (χ4v) is 4.22. The lowest BCUT2D eigenvalue weighted by Crippen LogP contribution is -2.34. The molecular formula is C14H18FN3O5S. The van der Waals surface area contributed by atoms with Crippen molar-refractivity contribution in [2.24, 2.45) is 0 Å². The zero-order valence-corrected chi connectivity index (χ0v) is 13.6. The molecule has 0 atom stereocenters. The molecule has 0 spiro atoms. The lowest BCUT2D eigenvalue weighted by atomic mass is 9.97. The number of aromatic hydroxyl groups is 1. The van der Waals surface area contributed by atoms with Gasteiger partial charge in [0.15, 0.2) is 5.82 Å². The molecule has 1 fully saturated rings. The van der Waals surface area contributed by atoms with Crippen LogP contribution in [0.2, 0.25) is 0 Å². The number of carbonyl (C=O) groups excluding carboxylic acids is 1. The van der Waals surface area contributed by atoms with E-state index in [9.17, 15) is 22.7 Å². The number of benzene rings is 1. The Morgan fingerprint density at radius 1 is 1.33 bits per heavy atom. The van der Waals surface area contributed by atoms with E-state index < -0.39 is 39.9 Å². The van der Waals surface area contributed by atoms with Gasteiger partial charge in [0, 0.05) is 31.8 Å². The molecule has 1 aromatic carbocycles. The van der Waals surface area contributed by atoms with Gasteiger partial charge in [-0.3, -0.25) is 9.69 Å². The second-order valence-corrected chi connectivity index (χ2v) is 7.43. The highest BCUT2D eigenvalue weighted by Crippen LogP contribution is 2.38. The molecular weight excluding hydrogens is 341 g/mol. The van der Waals surface area contributed by atoms with Crippen molar-refractivity contribution in [3.8, 4) is 5.75 Å². The Bertz CT molecular complexity index is 783. The molecule has 0 aliphatic carbocycles. The van der Waals surface area contributed by atoms with E-state index in [0.717, 1.165) is 0 Å². The molecule has 1 saturated heterocycles. The van der Waals surface area contributed by atoms with Gasteiger partial charge in [0.2, 0.25) is 0 Å². The van der Waals surface area contributed by atoms with Crippen molar-refractivity contribution in [1.29, 1.82) is 0 Å². The van der Waals surface area contributed by atoms with Gasteiger partial charge >= 0.3 is 10.2 Å². The quantitative estimate of drug-likeness (QED) is 0.666. The topological polar surface area (TPSA) is 110 Å². The second kappa shape index (κ2) is 6.19. The van der Waals surface area contributed by atoms with Gasteiger partial charge in [-0.2, -0.15) is 8.42 Å². The van der Waals surface area contributed by atoms with E-state index in [0.29, 0.717) is 41.4 Å². The van der Waals surface area contributed by atoms with Crippen molar-refractivity contribution < 1.29 is 27.8 Å². The SMILES string of the molecule is O=C1CN(c2c(O)cc3c(c2F)CN(CCCO)CC3)S(=O)(=O)N1. The summed E-state index contributed by atoms with van der Waals surface area (Å²) in [6, 6.07) is 1.36. The molecule has 2 aliphatic rings. The lowest BCUT2D eigenvalue weighted by Gasteiger charge is -2.30. The van der Waals surface area contributed by atoms with E-state index >= 15 is 0 Å². The van der Waals surface area contributed by atoms with E-state index in [1.807, 2.05) is 4.90 Å². The predicted octanol–water partition coefficient (Wildman–Crippen LogP) is -0.547. The van der Waals surface area contributed by atoms with Crippen LogP contribution in [-0.4, -0.2) is 55.7 Å². The number of phenolic OH excluding ortho intramolecular Hbond substituents is 1. The molecule has 0 saturated carbocycles. The van der Waals surface area contributed by atoms with Gasteiger partial charge in [0.05, 0.1) is 0 Å². The van der Waals surface area contributed by atoms with Gasteiger partial charge in [-0.1, -0.05) is 0 Å². The van der Waals surface area contributed by atoms with Crippen molar-refractivity contribution in [3.63, 3.8) is 0 Å². The third-order valence-electron chi connectivity index (χ3n) is 4.20. The first-order valence-corrected chi connectivity index (χ1v) is 8.97. The largest absolute Gasteiger partial charge is 0.506 e. The Balaban J connectivity index is 2.00. The summed E-state index contributed by atoms with van der Waals surface area (Å²) < 4.78 is 41.1. The van der Waals surface area contributed by atoms with E-state index in [1.54, 1.807) is 4.72 Å². The summed E-state index contributed by atoms with van der Waals surface area (Å²) in [6.07, 6.45) is 1.07. The van der Waals surface area contributed by atoms with Crippen molar-refractivity contribution in [2.45, 2.75) is 19.4 Å². The average molecular weight is 359 g/mol. The van der Waals surface area contributed by atoms with Crippen molar-refractivity contribution in [3.05, 3.63) is 23.0 Å². The van der Waals surface area contributed by atoms with Crippen LogP contribution in [0.4, 0.5) is 10.1 Å². The standard InChI is InChI=1S/C14H18FN3O5S/c15-13-10-7-17(3-1-5-19)4-2-9(10)6-11(20)14(13)18-8-12(21)16-24(18,22)23/h6,19-20H,1-5,7-8H2,(H,16,21). The number of hydrogen-bond acceptors (Lipinski definition) is 6. The smallest absolute Gasteiger partial charge is 0.326 e. The lowest BCUT2D eigenvalue weighted by molar-refractivity contribution is -0.117. The first kappa shape index (κ1) is 16.9. The van der Waals surface area contributed by atoms with Crippen LogP contribution in [-0.2, 0) is 28.0 Å². The molecule has 0 radical (unpaired) electrons. The molecule has 2 aliphatic heterocycles. The summed E-state index contributed by atoms with van der Waals surface area (Å²) in [5.74, 6) is -2.12. The Kier molecular flexibility index (Phi) is 4.37. The molecule has 1 amide bonds. The number of carbonyl (C=O) groups is 1. The van der Waals surface area contributed by atoms with Crippen molar-refractivity contribution >= 4 is 21.8 Å². The molecule has 3 N–H and O–H groups in total. The third-order valence-corrected chi connectivity index (χ3v) is 5.57. The van der Waals surface area contributed by atoms with Gasteiger partial charge in [0.25, 0.3) is 5.91 Å². The monoisotopic (exact) mass is 359 g/mol. The number of aliphatic hydroxyl groups excluding tert-OH is 1. The summed E-state index contributed by atoms with van der Waals surface area (Å²) in [4.78, 5) is 13.3. The minimum atomic E-state index is -4.20. The number of phenols is 1. The summed E-state index contributed by atoms with van der Waals surface area (Å²) in [7, 11) is -4.20. The van der Waals surface area contributed by atoms with Gasteiger partial charge in [-0.05, 0) is 24.5 Å². The fourth-order valence-electron chi connectivity index (χ4n) is 3.06. The molecule has 10 heteroatoms. The number of anilines is 1. The number of hydrogen-bond donors (Lipinski definition) is 3. The van der Waals surface area contributed by atoms with E-state index in [2.05, 4.69) is 0 Å². The highest BCUT2D eigenvalue weighted by molar-refractivity contribution is 7.92. The molecule has 2 heterocycles. The highest BCUT2D eigenvalue weighted by Gasteiger charge is 2.38. The predicted molar refractivity (Wildman–Crippen MR) is 83.2 cm³/mol. The first-order chi connectivity index (χ1) is 11.3. The maximum atomic E-state index is 15.0. The summed E-state index contributed by atoms with van der Waals surface area (Å²) in [6.45, 7) is 0.969. The second-order valence-electron chi connectivity index (χ2n) is 5.84. The van der Waals surface area contributed by atoms with Crippen LogP contribution < -0.4 is 9.03 Å². The highest BCUT2D eigenvalue weighted by atomic mass is 32.2. The van der Waals surface area contributed by atoms with Crippen LogP contribution >= 0.6 is 0 Å². The molecule has 24 heavy (non-hydrogen) atoms. The fraction of sp³-hybridized carbons (Fsp3) is 0.500. The van der Waals surface area contributed by atoms with Gasteiger partial charge < -0.3 is 10.2 Å². The van der Waals surface area contributed by atoms with Crippen LogP contribution in [0.15, 0.2) is 6.07 Å². The van der Waals surface area contributed by atoms with Crippen LogP contribution in [0.5, 0.6) is 5.75 Å². The number of nitrogens with zero attached hydrogens (tertiary/aromatic N) is 2. The zero-order valence-electron chi connectivity index (χ0n) is 12.8. The van der Waals surface area contributed by atoms with Gasteiger partial charge in [0.1, 0.15) is 18.0 Å². The van der Waals surface area contributed by atoms with E-state index in [1.165, 1.54) is 6.07 Å². The Hall–Kier alpha value is -1.91. The number of aliphatic hydroxyl groups is 1. The van der Waals surface area contributed by atoms with Crippen LogP contribution in [0.25, 0.3) is 0 Å². The molecule has 8 nitrogen and oxygen atoms in total. The zero-order chi connectivity index (χ0) is 17.5. The molecule has 3 rings (SSSR count). The molecule has 0 bridgehead atoms. The van der Waals surface area contributed by atoms with Gasteiger partial charge in [-0.25, -0.2) is 13.4 Å². The first-order valence-electron chi connectivity index (χ1n) is 7.53. The number of rotatable bonds is 4. The Labute approximate surface area is 138 Å². The number of amides is 1. The molecule has 0 aromatic heterocycles. The number of nitrogens with one attached hydrogen (secondary N) is 1. The van der Waals surface area contributed by atoms with Gasteiger partial charge in [-0.15, -0.1) is 0 Å². The van der Waals surface area contributed by atoms with Crippen LogP contribution in [0.3, 0.4) is 0 Å². The maximum absolute atomic E-state index is 15.0. The minimum absolute atomic E-state index is 0.0342. The molecule has 1 aromatic rings. The van der Waals surface area contributed by atoms with E-state index in [-0.39, 0.29) is 13.2 Å². The maximum Gasteiger partial charge on any atom is 0.326 e. The Morgan fingerprint density at radius 2 is 2.08 bits per heavy atom. The van der Waals surface area contributed by atoms with Crippen LogP contribution in [0, 0.1) is 5.82 Å². The number of fused-ring (bicyclic) bond motifs is 1. The summed E-state index contributed by atoms with van der Waals surface area (Å²) in [5, 5.41) is 19.0. The summed E-state index contributed by atoms with van der Waals surface area (Å²) in [5.41, 5.74) is 0.419. The minimum Gasteiger partial charge on any atom is -0.506 e. The average Bonchev–Trinajstić information content (AvgIpc) is 2.78. The molecule has 132 valence electrons. The summed E-state index contributed by atoms with van der Waals surface area (Å²) >= 11 is 0. The number of halogens is 1. The van der Waals surface area contributed by atoms with Crippen molar-refractivity contribution in [1.82, 2.24) is 9.62 Å². The molecule has 0 unspecified atom stereocenters. The Morgan fingerprint density at radius 3 is 2.71 bits per heavy atom. The van der Waals surface area contributed by atoms with Crippen LogP contribution in [0.1, 0.15) is 17.5 Å². The third kappa shape index (κ3) is 2.92. The van der Waals surface area contributed by atoms with E-state index in [4.69, 9.17) is 5.11 Å².